The van der Waals surface area contributed by atoms with Crippen molar-refractivity contribution in [1.82, 2.24) is 9.80 Å². The molecule has 0 aromatic carbocycles. The summed E-state index contributed by atoms with van der Waals surface area (Å²) >= 11 is 0. The Hall–Kier alpha value is -1.01. The van der Waals surface area contributed by atoms with Crippen LogP contribution in [0.15, 0.2) is 0 Å². The molecule has 1 amide bonds. The lowest BCUT2D eigenvalue weighted by molar-refractivity contribution is -0.127. The normalized spacial score (nSPS) is 14.0. The van der Waals surface area contributed by atoms with E-state index >= 15 is 0 Å². The zero-order chi connectivity index (χ0) is 19.6. The second-order valence-corrected chi connectivity index (χ2v) is 8.08. The van der Waals surface area contributed by atoms with Crippen LogP contribution in [-0.4, -0.2) is 48.4 Å². The number of hydrogen-bond acceptors (Lipinski definition) is 2. The maximum absolute atomic E-state index is 11.6. The van der Waals surface area contributed by atoms with Crippen molar-refractivity contribution >= 4 is 5.91 Å². The number of nitrogens with zero attached hydrogens (tertiary/aromatic N) is 2. The van der Waals surface area contributed by atoms with Gasteiger partial charge in [-0.15, -0.1) is 0 Å². The summed E-state index contributed by atoms with van der Waals surface area (Å²) in [5, 5.41) is 0. The minimum Gasteiger partial charge on any atom is -0.332 e. The summed E-state index contributed by atoms with van der Waals surface area (Å²) in [5.41, 5.74) is 0. The average Bonchev–Trinajstić information content (AvgIpc) is 3.08. The Balaban J connectivity index is 2.24. The Labute approximate surface area is 169 Å². The molecule has 0 saturated carbocycles. The number of amides is 1. The highest BCUT2D eigenvalue weighted by Gasteiger charge is 2.18. The molecule has 3 heteroatoms. The van der Waals surface area contributed by atoms with Gasteiger partial charge in [-0.05, 0) is 32.4 Å². The van der Waals surface area contributed by atoms with Gasteiger partial charge in [0.05, 0.1) is 13.1 Å². The van der Waals surface area contributed by atoms with Crippen molar-refractivity contribution in [2.45, 2.75) is 104 Å². The van der Waals surface area contributed by atoms with Crippen molar-refractivity contribution in [3.63, 3.8) is 0 Å². The van der Waals surface area contributed by atoms with E-state index < -0.39 is 0 Å². The third-order valence-electron chi connectivity index (χ3n) is 5.52. The summed E-state index contributed by atoms with van der Waals surface area (Å²) in [5.74, 6) is 6.85. The van der Waals surface area contributed by atoms with E-state index in [1.807, 2.05) is 4.90 Å². The quantitative estimate of drug-likeness (QED) is 0.257. The van der Waals surface area contributed by atoms with E-state index in [0.29, 0.717) is 13.0 Å². The predicted octanol–water partition coefficient (Wildman–Crippen LogP) is 5.64. The van der Waals surface area contributed by atoms with Gasteiger partial charge in [-0.2, -0.15) is 0 Å². The van der Waals surface area contributed by atoms with Gasteiger partial charge in [0.1, 0.15) is 0 Å². The highest BCUT2D eigenvalue weighted by molar-refractivity contribution is 5.78. The van der Waals surface area contributed by atoms with Crippen LogP contribution in [0.25, 0.3) is 0 Å². The molecule has 1 saturated heterocycles. The Kier molecular flexibility index (Phi) is 15.2. The number of unbranched alkanes of at least 4 members (excludes halogenated alkanes) is 10. The van der Waals surface area contributed by atoms with Crippen LogP contribution in [0.5, 0.6) is 0 Å². The molecule has 3 nitrogen and oxygen atoms in total. The molecule has 0 aliphatic carbocycles. The summed E-state index contributed by atoms with van der Waals surface area (Å²) in [6.07, 6.45) is 17.9. The zero-order valence-electron chi connectivity index (χ0n) is 18.2. The lowest BCUT2D eigenvalue weighted by Crippen LogP contribution is -2.27. The van der Waals surface area contributed by atoms with E-state index in [9.17, 15) is 4.79 Å². The molecule has 0 N–H and O–H groups in total. The number of hydrogen-bond donors (Lipinski definition) is 0. The van der Waals surface area contributed by atoms with Crippen molar-refractivity contribution in [3.05, 3.63) is 0 Å². The first-order valence-corrected chi connectivity index (χ1v) is 11.7. The fraction of sp³-hybridized carbons (Fsp3) is 0.875. The first kappa shape index (κ1) is 24.0. The Morgan fingerprint density at radius 1 is 0.815 bits per heavy atom. The molecule has 1 aliphatic rings. The zero-order valence-corrected chi connectivity index (χ0v) is 18.2. The molecule has 0 unspecified atom stereocenters. The number of carbonyl (C=O) groups excluding carboxylic acids is 1. The van der Waals surface area contributed by atoms with Gasteiger partial charge in [0.2, 0.25) is 5.91 Å². The summed E-state index contributed by atoms with van der Waals surface area (Å²) in [6.45, 7) is 9.30. The van der Waals surface area contributed by atoms with Crippen LogP contribution in [0.3, 0.4) is 0 Å². The summed E-state index contributed by atoms with van der Waals surface area (Å²) in [6, 6.07) is 0. The molecule has 156 valence electrons. The number of rotatable bonds is 16. The van der Waals surface area contributed by atoms with E-state index in [4.69, 9.17) is 0 Å². The lowest BCUT2D eigenvalue weighted by atomic mass is 10.1. The smallest absolute Gasteiger partial charge is 0.223 e. The van der Waals surface area contributed by atoms with Gasteiger partial charge in [-0.25, -0.2) is 0 Å². The molecule has 0 bridgehead atoms. The molecule has 1 aliphatic heterocycles. The van der Waals surface area contributed by atoms with Crippen molar-refractivity contribution in [2.24, 2.45) is 0 Å². The molecule has 27 heavy (non-hydrogen) atoms. The Morgan fingerprint density at radius 2 is 1.37 bits per heavy atom. The van der Waals surface area contributed by atoms with Crippen LogP contribution in [0.4, 0.5) is 0 Å². The van der Waals surface area contributed by atoms with Crippen molar-refractivity contribution in [2.75, 3.05) is 32.7 Å². The van der Waals surface area contributed by atoms with Crippen LogP contribution < -0.4 is 0 Å². The van der Waals surface area contributed by atoms with Gasteiger partial charge in [0, 0.05) is 13.0 Å². The van der Waals surface area contributed by atoms with E-state index in [2.05, 4.69) is 30.6 Å². The molecule has 1 rings (SSSR count). The second-order valence-electron chi connectivity index (χ2n) is 8.08. The molecule has 0 radical (unpaired) electrons. The molecule has 0 spiro atoms. The average molecular weight is 377 g/mol. The lowest BCUT2D eigenvalue weighted by Gasteiger charge is -2.20. The first-order chi connectivity index (χ1) is 13.3. The minimum absolute atomic E-state index is 0.278. The highest BCUT2D eigenvalue weighted by Crippen LogP contribution is 2.09. The van der Waals surface area contributed by atoms with E-state index in [-0.39, 0.29) is 5.91 Å². The second kappa shape index (κ2) is 17.1. The molecular formula is C24H44N2O. The number of likely N-dealkylation sites (tertiary alicyclic amines) is 1. The van der Waals surface area contributed by atoms with Crippen LogP contribution in [0.2, 0.25) is 0 Å². The van der Waals surface area contributed by atoms with Gasteiger partial charge < -0.3 is 4.90 Å². The molecule has 0 atom stereocenters. The molecule has 1 fully saturated rings. The van der Waals surface area contributed by atoms with Crippen molar-refractivity contribution in [1.29, 1.82) is 0 Å². The SMILES string of the molecule is CCCCCCCCN(CC#CCN1CCCC1=O)CCCCCCCC. The van der Waals surface area contributed by atoms with Crippen molar-refractivity contribution in [3.8, 4) is 11.8 Å². The Morgan fingerprint density at radius 3 is 1.89 bits per heavy atom. The third-order valence-corrected chi connectivity index (χ3v) is 5.52. The van der Waals surface area contributed by atoms with Gasteiger partial charge >= 0.3 is 0 Å². The maximum Gasteiger partial charge on any atom is 0.223 e. The molecule has 0 aromatic rings. The van der Waals surface area contributed by atoms with Crippen molar-refractivity contribution < 1.29 is 4.79 Å². The monoisotopic (exact) mass is 376 g/mol. The van der Waals surface area contributed by atoms with Crippen LogP contribution in [0, 0.1) is 11.8 Å². The van der Waals surface area contributed by atoms with Gasteiger partial charge in [-0.1, -0.05) is 89.9 Å². The van der Waals surface area contributed by atoms with Crippen LogP contribution in [0.1, 0.15) is 104 Å². The standard InChI is InChI=1S/C24H44N2O/c1-3-5-7-9-11-13-19-25(20-14-12-10-8-6-4-2)21-15-16-22-26-23-17-18-24(26)27/h3-14,17-23H2,1-2H3. The summed E-state index contributed by atoms with van der Waals surface area (Å²) < 4.78 is 0. The third kappa shape index (κ3) is 12.9. The predicted molar refractivity (Wildman–Crippen MR) is 117 cm³/mol. The van der Waals surface area contributed by atoms with Gasteiger partial charge in [-0.3, -0.25) is 9.69 Å². The Bertz CT molecular complexity index is 408. The van der Waals surface area contributed by atoms with E-state index in [1.165, 1.54) is 90.1 Å². The fourth-order valence-corrected chi connectivity index (χ4v) is 3.69. The van der Waals surface area contributed by atoms with E-state index in [1.54, 1.807) is 0 Å². The highest BCUT2D eigenvalue weighted by atomic mass is 16.2. The van der Waals surface area contributed by atoms with Gasteiger partial charge in [0.15, 0.2) is 0 Å². The molecule has 1 heterocycles. The largest absolute Gasteiger partial charge is 0.332 e. The molecule has 0 aromatic heterocycles. The topological polar surface area (TPSA) is 23.6 Å². The first-order valence-electron chi connectivity index (χ1n) is 11.7. The van der Waals surface area contributed by atoms with E-state index in [0.717, 1.165) is 19.5 Å². The van der Waals surface area contributed by atoms with Crippen LogP contribution in [-0.2, 0) is 4.79 Å². The van der Waals surface area contributed by atoms with Gasteiger partial charge in [0.25, 0.3) is 0 Å². The molecular weight excluding hydrogens is 332 g/mol. The fourth-order valence-electron chi connectivity index (χ4n) is 3.69. The van der Waals surface area contributed by atoms with Crippen LogP contribution >= 0.6 is 0 Å². The summed E-state index contributed by atoms with van der Waals surface area (Å²) in [4.78, 5) is 16.1. The maximum atomic E-state index is 11.6. The summed E-state index contributed by atoms with van der Waals surface area (Å²) in [7, 11) is 0. The minimum atomic E-state index is 0.278. The number of carbonyl (C=O) groups is 1.